The normalized spacial score (nSPS) is 48.4. The summed E-state index contributed by atoms with van der Waals surface area (Å²) in [4.78, 5) is 25.8. The fraction of sp³-hybridized carbons (Fsp3) is 0.867. The molecule has 0 aromatic heterocycles. The molecule has 4 aliphatic carbocycles. The number of ether oxygens (including phenoxy) is 2. The largest absolute Gasteiger partial charge is 0.462 e. The minimum Gasteiger partial charge on any atom is -0.462 e. The summed E-state index contributed by atoms with van der Waals surface area (Å²) < 4.78 is 12.6. The van der Waals surface area contributed by atoms with Gasteiger partial charge in [-0.25, -0.2) is 0 Å². The van der Waals surface area contributed by atoms with E-state index in [0.29, 0.717) is 23.7 Å². The van der Waals surface area contributed by atoms with Gasteiger partial charge < -0.3 is 9.47 Å². The number of hydrogen-bond acceptors (Lipinski definition) is 4. The second-order valence-corrected chi connectivity index (χ2v) is 13.5. The second-order valence-electron chi connectivity index (χ2n) is 13.5. The van der Waals surface area contributed by atoms with E-state index in [1.807, 2.05) is 6.08 Å². The fourth-order valence-electron chi connectivity index (χ4n) is 9.54. The Hall–Kier alpha value is -1.16. The number of fused-ring (bicyclic) bond motifs is 4. The smallest absolute Gasteiger partial charge is 0.302 e. The van der Waals surface area contributed by atoms with E-state index in [1.165, 1.54) is 32.6 Å². The first-order chi connectivity index (χ1) is 16.0. The average molecular weight is 471 g/mol. The summed E-state index contributed by atoms with van der Waals surface area (Å²) in [6.07, 6.45) is 11.5. The van der Waals surface area contributed by atoms with E-state index in [4.69, 9.17) is 9.47 Å². The van der Waals surface area contributed by atoms with Gasteiger partial charge in [0.1, 0.15) is 11.7 Å². The van der Waals surface area contributed by atoms with Gasteiger partial charge in [-0.15, -0.1) is 0 Å². The topological polar surface area (TPSA) is 55.9 Å². The minimum atomic E-state index is -0.590. The molecule has 5 aliphatic rings. The van der Waals surface area contributed by atoms with Crippen molar-refractivity contribution in [1.82, 2.24) is 0 Å². The summed E-state index contributed by atoms with van der Waals surface area (Å²) in [6.45, 7) is 15.7. The molecular weight excluding hydrogens is 424 g/mol. The van der Waals surface area contributed by atoms with Crippen molar-refractivity contribution in [2.24, 2.45) is 52.3 Å². The molecule has 0 bridgehead atoms. The van der Waals surface area contributed by atoms with Crippen LogP contribution in [-0.2, 0) is 19.1 Å². The molecule has 5 unspecified atom stereocenters. The van der Waals surface area contributed by atoms with Crippen LogP contribution in [0.3, 0.4) is 0 Å². The predicted octanol–water partition coefficient (Wildman–Crippen LogP) is 6.37. The van der Waals surface area contributed by atoms with Gasteiger partial charge in [0.2, 0.25) is 0 Å². The van der Waals surface area contributed by atoms with Gasteiger partial charge in [-0.1, -0.05) is 53.5 Å². The van der Waals surface area contributed by atoms with E-state index in [0.717, 1.165) is 31.1 Å². The van der Waals surface area contributed by atoms with Gasteiger partial charge in [0.05, 0.1) is 11.5 Å². The van der Waals surface area contributed by atoms with Crippen LogP contribution in [0.4, 0.5) is 0 Å². The summed E-state index contributed by atoms with van der Waals surface area (Å²) in [5.41, 5.74) is -0.807. The van der Waals surface area contributed by atoms with Gasteiger partial charge in [-0.3, -0.25) is 9.59 Å². The Morgan fingerprint density at radius 3 is 2.59 bits per heavy atom. The molecule has 0 N–H and O–H groups in total. The van der Waals surface area contributed by atoms with Crippen molar-refractivity contribution in [1.29, 1.82) is 0 Å². The zero-order chi connectivity index (χ0) is 24.6. The van der Waals surface area contributed by atoms with Crippen LogP contribution in [0.2, 0.25) is 0 Å². The summed E-state index contributed by atoms with van der Waals surface area (Å²) in [6, 6.07) is 0. The molecule has 4 nitrogen and oxygen atoms in total. The van der Waals surface area contributed by atoms with Gasteiger partial charge in [0.25, 0.3) is 0 Å². The van der Waals surface area contributed by atoms with Crippen molar-refractivity contribution >= 4 is 11.8 Å². The molecule has 5 rings (SSSR count). The molecule has 34 heavy (non-hydrogen) atoms. The van der Waals surface area contributed by atoms with E-state index in [2.05, 4.69) is 41.5 Å². The SMILES string of the molecule is CC(=O)OC1C[C@@]2(C)C(CC[C@@H]2C(C)CCC(C)C(C)C)[C@@H]2C[C@H]3O[C@]34CC=CC(=O)[C@]4(C)C12. The molecule has 1 spiro atoms. The Labute approximate surface area is 206 Å². The van der Waals surface area contributed by atoms with Crippen molar-refractivity contribution in [2.45, 2.75) is 111 Å². The Morgan fingerprint density at radius 2 is 1.91 bits per heavy atom. The number of ketones is 1. The lowest BCUT2D eigenvalue weighted by Gasteiger charge is -2.59. The molecular formula is C30H46O4. The van der Waals surface area contributed by atoms with Crippen molar-refractivity contribution in [3.63, 3.8) is 0 Å². The maximum absolute atomic E-state index is 13.5. The van der Waals surface area contributed by atoms with Gasteiger partial charge in [0.15, 0.2) is 5.78 Å². The van der Waals surface area contributed by atoms with Gasteiger partial charge in [-0.05, 0) is 86.0 Å². The number of allylic oxidation sites excluding steroid dienone is 1. The molecule has 4 fully saturated rings. The molecule has 1 aliphatic heterocycles. The monoisotopic (exact) mass is 470 g/mol. The molecule has 11 atom stereocenters. The molecule has 3 saturated carbocycles. The zero-order valence-corrected chi connectivity index (χ0v) is 22.4. The van der Waals surface area contributed by atoms with Gasteiger partial charge in [-0.2, -0.15) is 0 Å². The molecule has 4 heteroatoms. The van der Waals surface area contributed by atoms with Crippen LogP contribution in [-0.4, -0.2) is 29.6 Å². The molecule has 0 amide bonds. The van der Waals surface area contributed by atoms with E-state index in [9.17, 15) is 9.59 Å². The van der Waals surface area contributed by atoms with Crippen molar-refractivity contribution < 1.29 is 19.1 Å². The highest BCUT2D eigenvalue weighted by Gasteiger charge is 2.79. The van der Waals surface area contributed by atoms with Crippen LogP contribution in [0.15, 0.2) is 12.2 Å². The maximum atomic E-state index is 13.5. The highest BCUT2D eigenvalue weighted by atomic mass is 16.6. The Bertz CT molecular complexity index is 877. The van der Waals surface area contributed by atoms with Crippen LogP contribution in [0.5, 0.6) is 0 Å². The molecule has 190 valence electrons. The molecule has 0 radical (unpaired) electrons. The molecule has 1 saturated heterocycles. The molecule has 0 aromatic rings. The number of carbonyl (C=O) groups is 2. The quantitative estimate of drug-likeness (QED) is 0.334. The maximum Gasteiger partial charge on any atom is 0.302 e. The Kier molecular flexibility index (Phi) is 5.90. The Balaban J connectivity index is 1.46. The van der Waals surface area contributed by atoms with E-state index in [-0.39, 0.29) is 40.9 Å². The van der Waals surface area contributed by atoms with E-state index in [1.54, 1.807) is 6.08 Å². The second kappa shape index (κ2) is 8.18. The van der Waals surface area contributed by atoms with Crippen molar-refractivity contribution in [3.05, 3.63) is 12.2 Å². The number of esters is 1. The minimum absolute atomic E-state index is 0.0562. The predicted molar refractivity (Wildman–Crippen MR) is 133 cm³/mol. The van der Waals surface area contributed by atoms with Gasteiger partial charge >= 0.3 is 5.97 Å². The highest BCUT2D eigenvalue weighted by molar-refractivity contribution is 5.98. The lowest BCUT2D eigenvalue weighted by molar-refractivity contribution is -0.187. The van der Waals surface area contributed by atoms with Gasteiger partial charge in [0, 0.05) is 12.8 Å². The third-order valence-electron chi connectivity index (χ3n) is 11.8. The molecule has 1 heterocycles. The summed E-state index contributed by atoms with van der Waals surface area (Å²) in [5.74, 6) is 3.79. The summed E-state index contributed by atoms with van der Waals surface area (Å²) in [7, 11) is 0. The average Bonchev–Trinajstić information content (AvgIpc) is 3.35. The number of rotatable bonds is 6. The van der Waals surface area contributed by atoms with Crippen LogP contribution in [0.25, 0.3) is 0 Å². The van der Waals surface area contributed by atoms with Crippen molar-refractivity contribution in [3.8, 4) is 0 Å². The zero-order valence-electron chi connectivity index (χ0n) is 22.4. The number of epoxide rings is 1. The first kappa shape index (κ1) is 24.5. The molecule has 0 aromatic carbocycles. The first-order valence-electron chi connectivity index (χ1n) is 14.0. The first-order valence-corrected chi connectivity index (χ1v) is 14.0. The Morgan fingerprint density at radius 1 is 1.18 bits per heavy atom. The fourth-order valence-corrected chi connectivity index (χ4v) is 9.54. The van der Waals surface area contributed by atoms with Crippen LogP contribution in [0, 0.1) is 52.3 Å². The van der Waals surface area contributed by atoms with Crippen LogP contribution >= 0.6 is 0 Å². The van der Waals surface area contributed by atoms with Crippen LogP contribution in [0.1, 0.15) is 93.4 Å². The lowest BCUT2D eigenvalue weighted by atomic mass is 9.44. The third-order valence-corrected chi connectivity index (χ3v) is 11.8. The number of carbonyl (C=O) groups excluding carboxylic acids is 2. The highest BCUT2D eigenvalue weighted by Crippen LogP contribution is 2.73. The number of hydrogen-bond donors (Lipinski definition) is 0. The van der Waals surface area contributed by atoms with E-state index >= 15 is 0 Å². The standard InChI is InChI=1S/C30H46O4/c1-17(2)18(3)10-11-19(4)22-12-13-23-21-15-26-30(34-26)14-8-9-25(32)29(30,7)27(21)24(33-20(5)31)16-28(22,23)6/h8-9,17-19,21-24,26-27H,10-16H2,1-7H3/t18?,19?,21-,22+,23?,24?,26+,27?,28+,29+,30+/m0/s1. The summed E-state index contributed by atoms with van der Waals surface area (Å²) in [5, 5.41) is 0. The van der Waals surface area contributed by atoms with E-state index < -0.39 is 5.41 Å². The summed E-state index contributed by atoms with van der Waals surface area (Å²) >= 11 is 0. The third kappa shape index (κ3) is 3.33. The van der Waals surface area contributed by atoms with Crippen LogP contribution < -0.4 is 0 Å². The lowest BCUT2D eigenvalue weighted by Crippen LogP contribution is -2.64. The van der Waals surface area contributed by atoms with Crippen molar-refractivity contribution in [2.75, 3.05) is 0 Å².